The molecular formula is C20H31Cl2N5O. The fraction of sp³-hybridized carbons (Fsp3) is 0.500. The first-order chi connectivity index (χ1) is 12.7. The fourth-order valence-electron chi connectivity index (χ4n) is 3.69. The van der Waals surface area contributed by atoms with Crippen LogP contribution in [-0.4, -0.2) is 48.4 Å². The van der Waals surface area contributed by atoms with Gasteiger partial charge in [0, 0.05) is 37.7 Å². The lowest BCUT2D eigenvalue weighted by Crippen LogP contribution is -2.55. The summed E-state index contributed by atoms with van der Waals surface area (Å²) in [5.74, 6) is 0.0722. The predicted octanol–water partition coefficient (Wildman–Crippen LogP) is 2.76. The van der Waals surface area contributed by atoms with E-state index in [-0.39, 0.29) is 30.7 Å². The highest BCUT2D eigenvalue weighted by Gasteiger charge is 2.41. The lowest BCUT2D eigenvalue weighted by atomic mass is 9.87. The van der Waals surface area contributed by atoms with E-state index in [0.29, 0.717) is 6.54 Å². The van der Waals surface area contributed by atoms with Crippen LogP contribution in [0.15, 0.2) is 42.7 Å². The van der Waals surface area contributed by atoms with Gasteiger partial charge in [0.05, 0.1) is 0 Å². The van der Waals surface area contributed by atoms with E-state index in [1.807, 2.05) is 16.9 Å². The fourth-order valence-corrected chi connectivity index (χ4v) is 3.69. The number of halogens is 2. The van der Waals surface area contributed by atoms with Crippen molar-refractivity contribution in [3.8, 4) is 0 Å². The van der Waals surface area contributed by atoms with Gasteiger partial charge in [-0.15, -0.1) is 24.8 Å². The third-order valence-corrected chi connectivity index (χ3v) is 5.21. The maximum absolute atomic E-state index is 13.1. The molecule has 2 N–H and O–H groups in total. The monoisotopic (exact) mass is 427 g/mol. The second-order valence-corrected chi connectivity index (χ2v) is 6.91. The standard InChI is InChI=1S/C20H29N5O.2ClH/c1-3-24(18-7-4-6-17(2)16-18)15-13-22-19(26)20(8-11-21-12-9-20)25-14-5-10-23-25;;/h4-7,10,14,16,21H,3,8-9,11-13,15H2,1-2H3,(H,22,26);2*1H. The largest absolute Gasteiger partial charge is 0.370 e. The van der Waals surface area contributed by atoms with Crippen LogP contribution in [0.1, 0.15) is 25.3 Å². The Bertz CT molecular complexity index is 717. The van der Waals surface area contributed by atoms with Crippen molar-refractivity contribution in [2.45, 2.75) is 32.2 Å². The summed E-state index contributed by atoms with van der Waals surface area (Å²) in [5, 5.41) is 10.9. The van der Waals surface area contributed by atoms with E-state index >= 15 is 0 Å². The van der Waals surface area contributed by atoms with E-state index in [0.717, 1.165) is 39.0 Å². The number of nitrogens with one attached hydrogen (secondary N) is 2. The molecule has 0 saturated carbocycles. The Morgan fingerprint density at radius 3 is 2.64 bits per heavy atom. The third kappa shape index (κ3) is 5.40. The zero-order valence-electron chi connectivity index (χ0n) is 16.6. The normalized spacial score (nSPS) is 15.1. The average molecular weight is 428 g/mol. The summed E-state index contributed by atoms with van der Waals surface area (Å²) in [6.07, 6.45) is 5.16. The molecule has 1 saturated heterocycles. The van der Waals surface area contributed by atoms with Crippen molar-refractivity contribution in [3.05, 3.63) is 48.3 Å². The van der Waals surface area contributed by atoms with E-state index in [1.54, 1.807) is 6.20 Å². The van der Waals surface area contributed by atoms with Crippen LogP contribution in [-0.2, 0) is 10.3 Å². The number of hydrogen-bond donors (Lipinski definition) is 2. The lowest BCUT2D eigenvalue weighted by molar-refractivity contribution is -0.131. The van der Waals surface area contributed by atoms with Crippen molar-refractivity contribution >= 4 is 36.4 Å². The van der Waals surface area contributed by atoms with Crippen LogP contribution in [0.5, 0.6) is 0 Å². The van der Waals surface area contributed by atoms with Crippen molar-refractivity contribution in [2.24, 2.45) is 0 Å². The number of anilines is 1. The minimum absolute atomic E-state index is 0. The first-order valence-electron chi connectivity index (χ1n) is 9.46. The summed E-state index contributed by atoms with van der Waals surface area (Å²) in [6, 6.07) is 10.4. The van der Waals surface area contributed by atoms with Gasteiger partial charge in [-0.2, -0.15) is 5.10 Å². The third-order valence-electron chi connectivity index (χ3n) is 5.21. The highest BCUT2D eigenvalue weighted by molar-refractivity contribution is 5.85. The minimum Gasteiger partial charge on any atom is -0.370 e. The Morgan fingerprint density at radius 2 is 2.04 bits per heavy atom. The topological polar surface area (TPSA) is 62.2 Å². The minimum atomic E-state index is -0.574. The van der Waals surface area contributed by atoms with Crippen LogP contribution in [0, 0.1) is 6.92 Å². The van der Waals surface area contributed by atoms with Crippen LogP contribution < -0.4 is 15.5 Å². The molecule has 0 radical (unpaired) electrons. The van der Waals surface area contributed by atoms with Crippen molar-refractivity contribution in [3.63, 3.8) is 0 Å². The molecule has 6 nitrogen and oxygen atoms in total. The summed E-state index contributed by atoms with van der Waals surface area (Å²) in [6.45, 7) is 8.23. The second-order valence-electron chi connectivity index (χ2n) is 6.91. The highest BCUT2D eigenvalue weighted by atomic mass is 35.5. The van der Waals surface area contributed by atoms with Gasteiger partial charge < -0.3 is 15.5 Å². The number of benzene rings is 1. The number of rotatable bonds is 7. The summed E-state index contributed by atoms with van der Waals surface area (Å²) in [7, 11) is 0. The van der Waals surface area contributed by atoms with Gasteiger partial charge in [-0.1, -0.05) is 12.1 Å². The van der Waals surface area contributed by atoms with Gasteiger partial charge >= 0.3 is 0 Å². The van der Waals surface area contributed by atoms with Crippen molar-refractivity contribution in [1.29, 1.82) is 0 Å². The molecule has 1 amide bonds. The molecule has 0 spiro atoms. The van der Waals surface area contributed by atoms with Crippen LogP contribution in [0.25, 0.3) is 0 Å². The molecule has 2 aromatic rings. The number of amides is 1. The maximum Gasteiger partial charge on any atom is 0.248 e. The molecule has 156 valence electrons. The van der Waals surface area contributed by atoms with Gasteiger partial charge in [-0.3, -0.25) is 9.48 Å². The number of piperidine rings is 1. The Hall–Kier alpha value is -1.76. The first kappa shape index (κ1) is 24.3. The molecule has 0 atom stereocenters. The summed E-state index contributed by atoms with van der Waals surface area (Å²) < 4.78 is 1.83. The number of likely N-dealkylation sites (N-methyl/N-ethyl adjacent to an activating group) is 1. The number of hydrogen-bond acceptors (Lipinski definition) is 4. The molecule has 0 unspecified atom stereocenters. The summed E-state index contributed by atoms with van der Waals surface area (Å²) >= 11 is 0. The smallest absolute Gasteiger partial charge is 0.248 e. The Morgan fingerprint density at radius 1 is 1.29 bits per heavy atom. The average Bonchev–Trinajstić information content (AvgIpc) is 3.21. The van der Waals surface area contributed by atoms with Gasteiger partial charge in [0.1, 0.15) is 5.54 Å². The van der Waals surface area contributed by atoms with Gasteiger partial charge in [-0.05, 0) is 63.5 Å². The molecule has 3 rings (SSSR count). The molecule has 0 aliphatic carbocycles. The van der Waals surface area contributed by atoms with E-state index < -0.39 is 5.54 Å². The zero-order valence-corrected chi connectivity index (χ0v) is 18.2. The Labute approximate surface area is 179 Å². The SMILES string of the molecule is CCN(CCNC(=O)C1(n2cccn2)CCNCC1)c1cccc(C)c1.Cl.Cl. The molecule has 1 aliphatic rings. The second kappa shape index (κ2) is 11.3. The van der Waals surface area contributed by atoms with Gasteiger partial charge in [-0.25, -0.2) is 0 Å². The molecule has 1 fully saturated rings. The number of carbonyl (C=O) groups is 1. The number of carbonyl (C=O) groups excluding carboxylic acids is 1. The lowest BCUT2D eigenvalue weighted by Gasteiger charge is -2.36. The summed E-state index contributed by atoms with van der Waals surface area (Å²) in [4.78, 5) is 15.3. The van der Waals surface area contributed by atoms with E-state index in [1.165, 1.54) is 11.3 Å². The van der Waals surface area contributed by atoms with Crippen molar-refractivity contribution < 1.29 is 4.79 Å². The van der Waals surface area contributed by atoms with Crippen LogP contribution >= 0.6 is 24.8 Å². The molecule has 1 aliphatic heterocycles. The molecule has 0 bridgehead atoms. The highest BCUT2D eigenvalue weighted by Crippen LogP contribution is 2.27. The Balaban J connectivity index is 0.00000196. The molecule has 2 heterocycles. The van der Waals surface area contributed by atoms with E-state index in [9.17, 15) is 4.79 Å². The molecule has 8 heteroatoms. The van der Waals surface area contributed by atoms with E-state index in [4.69, 9.17) is 0 Å². The number of aromatic nitrogens is 2. The van der Waals surface area contributed by atoms with Crippen LogP contribution in [0.4, 0.5) is 5.69 Å². The number of nitrogens with zero attached hydrogens (tertiary/aromatic N) is 3. The van der Waals surface area contributed by atoms with Gasteiger partial charge in [0.2, 0.25) is 5.91 Å². The Kier molecular flexibility index (Phi) is 9.79. The quantitative estimate of drug-likeness (QED) is 0.712. The molecule has 1 aromatic heterocycles. The van der Waals surface area contributed by atoms with Crippen LogP contribution in [0.2, 0.25) is 0 Å². The molecule has 1 aromatic carbocycles. The number of aryl methyl sites for hydroxylation is 1. The van der Waals surface area contributed by atoms with Crippen molar-refractivity contribution in [2.75, 3.05) is 37.6 Å². The predicted molar refractivity (Wildman–Crippen MR) is 119 cm³/mol. The van der Waals surface area contributed by atoms with Crippen molar-refractivity contribution in [1.82, 2.24) is 20.4 Å². The van der Waals surface area contributed by atoms with Gasteiger partial charge in [0.25, 0.3) is 0 Å². The summed E-state index contributed by atoms with van der Waals surface area (Å²) in [5.41, 5.74) is 1.87. The van der Waals surface area contributed by atoms with Gasteiger partial charge in [0.15, 0.2) is 0 Å². The molecule has 28 heavy (non-hydrogen) atoms. The zero-order chi connectivity index (χ0) is 18.4. The first-order valence-corrected chi connectivity index (χ1v) is 9.46. The maximum atomic E-state index is 13.1. The van der Waals surface area contributed by atoms with E-state index in [2.05, 4.69) is 58.7 Å². The van der Waals surface area contributed by atoms with Crippen LogP contribution in [0.3, 0.4) is 0 Å². The molecular weight excluding hydrogens is 397 g/mol.